The van der Waals surface area contributed by atoms with Crippen molar-refractivity contribution in [2.75, 3.05) is 0 Å². The molecule has 0 amide bonds. The smallest absolute Gasteiger partial charge is 0.254 e. The molecule has 1 aromatic carbocycles. The van der Waals surface area contributed by atoms with Gasteiger partial charge >= 0.3 is 6.70 Å². The van der Waals surface area contributed by atoms with Gasteiger partial charge in [0.25, 0.3) is 5.84 Å². The third kappa shape index (κ3) is 3.73. The molecule has 0 bridgehead atoms. The van der Waals surface area contributed by atoms with Gasteiger partial charge in [0.1, 0.15) is 0 Å². The predicted octanol–water partition coefficient (Wildman–Crippen LogP) is 5.26. The van der Waals surface area contributed by atoms with Crippen LogP contribution in [0.15, 0.2) is 30.3 Å². The number of hydrogen-bond donors (Lipinski definition) is 1. The summed E-state index contributed by atoms with van der Waals surface area (Å²) in [6, 6.07) is 10.8. The Bertz CT molecular complexity index is 636. The number of thiol groups is 1. The minimum Gasteiger partial charge on any atom is -0.254 e. The molecule has 0 aromatic heterocycles. The second kappa shape index (κ2) is 6.10. The fraction of sp³-hybridized carbons (Fsp3) is 0.632. The summed E-state index contributed by atoms with van der Waals surface area (Å²) < 4.78 is 5.39. The van der Waals surface area contributed by atoms with Crippen molar-refractivity contribution in [1.82, 2.24) is 4.57 Å². The van der Waals surface area contributed by atoms with Gasteiger partial charge in [0.05, 0.1) is 16.6 Å². The van der Waals surface area contributed by atoms with Crippen molar-refractivity contribution >= 4 is 35.8 Å². The summed E-state index contributed by atoms with van der Waals surface area (Å²) in [5.41, 5.74) is 1.37. The molecule has 0 aliphatic carbocycles. The van der Waals surface area contributed by atoms with Gasteiger partial charge in [-0.3, -0.25) is 8.81 Å². The fourth-order valence-electron chi connectivity index (χ4n) is 3.29. The molecule has 0 spiro atoms. The quantitative estimate of drug-likeness (QED) is 0.551. The highest BCUT2D eigenvalue weighted by Gasteiger charge is 2.72. The van der Waals surface area contributed by atoms with Gasteiger partial charge in [0.15, 0.2) is 0 Å². The predicted molar refractivity (Wildman–Crippen MR) is 114 cm³/mol. The molecule has 5 heteroatoms. The Morgan fingerprint density at radius 1 is 0.917 bits per heavy atom. The normalized spacial score (nSPS) is 22.7. The number of rotatable bonds is 2. The Labute approximate surface area is 158 Å². The van der Waals surface area contributed by atoms with Gasteiger partial charge in [0, 0.05) is 4.75 Å². The van der Waals surface area contributed by atoms with Crippen LogP contribution in [0.3, 0.4) is 0 Å². The molecule has 1 atom stereocenters. The highest BCUT2D eigenvalue weighted by atomic mass is 32.6. The van der Waals surface area contributed by atoms with Crippen molar-refractivity contribution in [3.8, 4) is 0 Å². The summed E-state index contributed by atoms with van der Waals surface area (Å²) in [6.45, 7) is 18.5. The van der Waals surface area contributed by atoms with Gasteiger partial charge in [-0.25, -0.2) is 0 Å². The first-order valence-corrected chi connectivity index (χ1v) is 13.4. The van der Waals surface area contributed by atoms with Crippen molar-refractivity contribution in [3.05, 3.63) is 35.9 Å². The average molecular weight is 382 g/mol. The van der Waals surface area contributed by atoms with E-state index in [1.165, 1.54) is 11.4 Å². The van der Waals surface area contributed by atoms with Crippen LogP contribution in [0.1, 0.15) is 67.9 Å². The Balaban J connectivity index is 2.73. The molecule has 1 aromatic rings. The summed E-state index contributed by atoms with van der Waals surface area (Å²) in [4.78, 5) is 0. The van der Waals surface area contributed by atoms with E-state index < -0.39 is 6.70 Å². The third-order valence-corrected chi connectivity index (χ3v) is 13.4. The Hall–Kier alpha value is -0.393. The van der Waals surface area contributed by atoms with Crippen LogP contribution >= 0.6 is 23.3 Å². The van der Waals surface area contributed by atoms with Gasteiger partial charge in [-0.2, -0.15) is 0 Å². The number of hydrogen-bond acceptors (Lipinski definition) is 3. The zero-order valence-electron chi connectivity index (χ0n) is 16.6. The summed E-state index contributed by atoms with van der Waals surface area (Å²) in [6.07, 6.45) is 0. The fourth-order valence-corrected chi connectivity index (χ4v) is 17.1. The van der Waals surface area contributed by atoms with E-state index in [4.69, 9.17) is 12.1 Å². The van der Waals surface area contributed by atoms with Crippen LogP contribution in [0, 0.1) is 0 Å². The van der Waals surface area contributed by atoms with E-state index in [9.17, 15) is 0 Å². The first-order chi connectivity index (χ1) is 10.7. The van der Waals surface area contributed by atoms with Gasteiger partial charge < -0.3 is 0 Å². The summed E-state index contributed by atoms with van der Waals surface area (Å²) in [7, 11) is 0. The van der Waals surface area contributed by atoms with E-state index >= 15 is 0 Å². The van der Waals surface area contributed by atoms with Gasteiger partial charge in [-0.05, 0) is 53.7 Å². The second-order valence-electron chi connectivity index (χ2n) is 9.49. The van der Waals surface area contributed by atoms with Crippen molar-refractivity contribution in [1.29, 1.82) is 0 Å². The Morgan fingerprint density at radius 3 is 1.79 bits per heavy atom. The molecule has 134 valence electrons. The monoisotopic (exact) mass is 381 g/mol. The van der Waals surface area contributed by atoms with E-state index in [1.54, 1.807) is 0 Å². The third-order valence-electron chi connectivity index (χ3n) is 3.82. The van der Waals surface area contributed by atoms with Crippen LogP contribution in [0.2, 0.25) is 0 Å². The minimum atomic E-state index is -2.17. The highest BCUT2D eigenvalue weighted by molar-refractivity contribution is 8.51. The van der Waals surface area contributed by atoms with E-state index in [0.717, 1.165) is 0 Å². The maximum absolute atomic E-state index is 5.39. The van der Waals surface area contributed by atoms with Crippen LogP contribution < -0.4 is 0 Å². The molecule has 2 rings (SSSR count). The minimum absolute atomic E-state index is 0.0408. The standard InChI is InChI=1S/C19H33N2S2Si/c1-17(2,3)20-16(15-13-11-10-12-14-15)21(18(4,5)6)24(20,22)23-19(7,8)9/h10-14,22H,1-9H3/q+1. The van der Waals surface area contributed by atoms with Crippen molar-refractivity contribution in [2.24, 2.45) is 0 Å². The molecule has 0 fully saturated rings. The lowest BCUT2D eigenvalue weighted by atomic mass is 10.1. The lowest BCUT2D eigenvalue weighted by Gasteiger charge is -2.53. The van der Waals surface area contributed by atoms with E-state index in [2.05, 4.69) is 101 Å². The molecule has 1 aliphatic heterocycles. The summed E-state index contributed by atoms with van der Waals surface area (Å²) in [5.74, 6) is 1.33. The number of amidine groups is 1. The summed E-state index contributed by atoms with van der Waals surface area (Å²) >= 11 is 7.43. The first-order valence-electron chi connectivity index (χ1n) is 8.63. The van der Waals surface area contributed by atoms with Gasteiger partial charge in [0.2, 0.25) is 0 Å². The Kier molecular flexibility index (Phi) is 5.06. The molecule has 0 N–H and O–H groups in total. The zero-order chi connectivity index (χ0) is 18.6. The molecule has 0 unspecified atom stereocenters. The van der Waals surface area contributed by atoms with E-state index in [-0.39, 0.29) is 15.8 Å². The van der Waals surface area contributed by atoms with Crippen LogP contribution in [-0.4, -0.2) is 37.2 Å². The highest BCUT2D eigenvalue weighted by Crippen LogP contribution is 2.49. The van der Waals surface area contributed by atoms with Crippen molar-refractivity contribution in [2.45, 2.75) is 78.1 Å². The Morgan fingerprint density at radius 2 is 1.42 bits per heavy atom. The number of benzene rings is 1. The van der Waals surface area contributed by atoms with Crippen LogP contribution in [0.4, 0.5) is 0 Å². The van der Waals surface area contributed by atoms with Crippen LogP contribution in [0.25, 0.3) is 0 Å². The van der Waals surface area contributed by atoms with E-state index in [1.807, 2.05) is 11.2 Å². The molecule has 24 heavy (non-hydrogen) atoms. The molecule has 0 saturated heterocycles. The van der Waals surface area contributed by atoms with Crippen LogP contribution in [0.5, 0.6) is 0 Å². The zero-order valence-corrected chi connectivity index (χ0v) is 19.3. The summed E-state index contributed by atoms with van der Waals surface area (Å²) in [5, 5.41) is 0. The lowest BCUT2D eigenvalue weighted by molar-refractivity contribution is -0.505. The first kappa shape index (κ1) is 19.9. The van der Waals surface area contributed by atoms with Crippen molar-refractivity contribution < 1.29 is 4.24 Å². The molecule has 0 radical (unpaired) electrons. The van der Waals surface area contributed by atoms with Crippen LogP contribution in [-0.2, 0) is 0 Å². The topological polar surface area (TPSA) is 6.25 Å². The van der Waals surface area contributed by atoms with Gasteiger partial charge in [-0.1, -0.05) is 62.3 Å². The molecular formula is C19H33N2S2Si+. The molecule has 1 aliphatic rings. The SMILES string of the molecule is CC(C)(C)S[Si@@]1(S)N(C(C)(C)C)C(c2ccccc2)=[N+]1C(C)(C)C. The average Bonchev–Trinajstić information content (AvgIpc) is 2.31. The maximum Gasteiger partial charge on any atom is 0.608 e. The maximum atomic E-state index is 5.39. The molecular weight excluding hydrogens is 348 g/mol. The van der Waals surface area contributed by atoms with Gasteiger partial charge in [-0.15, -0.1) is 0 Å². The van der Waals surface area contributed by atoms with E-state index in [0.29, 0.717) is 0 Å². The lowest BCUT2D eigenvalue weighted by Crippen LogP contribution is -2.79. The molecule has 2 nitrogen and oxygen atoms in total. The number of nitrogens with zero attached hydrogens (tertiary/aromatic N) is 2. The molecule has 1 heterocycles. The second-order valence-corrected chi connectivity index (χ2v) is 18.1. The van der Waals surface area contributed by atoms with Crippen molar-refractivity contribution in [3.63, 3.8) is 0 Å². The largest absolute Gasteiger partial charge is 0.608 e. The molecule has 0 saturated carbocycles.